The smallest absolute Gasteiger partial charge is 0.231 e. The fraction of sp³-hybridized carbons (Fsp3) is 0.250. The summed E-state index contributed by atoms with van der Waals surface area (Å²) >= 11 is 1.33. The van der Waals surface area contributed by atoms with E-state index in [1.807, 2.05) is 74.5 Å². The van der Waals surface area contributed by atoms with Crippen LogP contribution < -0.4 is 5.32 Å². The molecule has 3 rings (SSSR count). The van der Waals surface area contributed by atoms with Gasteiger partial charge < -0.3 is 5.32 Å². The molecular formula is C20H22N4OS. The lowest BCUT2D eigenvalue weighted by Crippen LogP contribution is -2.30. The molecule has 134 valence electrons. The van der Waals surface area contributed by atoms with Crippen molar-refractivity contribution in [3.63, 3.8) is 0 Å². The van der Waals surface area contributed by atoms with Gasteiger partial charge in [0.15, 0.2) is 0 Å². The fourth-order valence-electron chi connectivity index (χ4n) is 2.56. The number of thioether (sulfide) groups is 1. The number of carbonyl (C=O) groups is 1. The van der Waals surface area contributed by atoms with E-state index in [-0.39, 0.29) is 23.6 Å². The topological polar surface area (TPSA) is 70.7 Å². The molecule has 0 spiro atoms. The first-order valence-corrected chi connectivity index (χ1v) is 9.56. The van der Waals surface area contributed by atoms with Crippen molar-refractivity contribution in [2.24, 2.45) is 0 Å². The minimum Gasteiger partial charge on any atom is -0.344 e. The van der Waals surface area contributed by atoms with Crippen LogP contribution in [0.15, 0.2) is 65.8 Å². The summed E-state index contributed by atoms with van der Waals surface area (Å²) in [5.74, 6) is 1.33. The molecule has 0 saturated carbocycles. The van der Waals surface area contributed by atoms with Crippen molar-refractivity contribution in [1.82, 2.24) is 20.5 Å². The predicted molar refractivity (Wildman–Crippen MR) is 104 cm³/mol. The molecule has 2 aromatic carbocycles. The zero-order chi connectivity index (χ0) is 18.4. The molecule has 26 heavy (non-hydrogen) atoms. The van der Waals surface area contributed by atoms with Crippen LogP contribution in [0, 0.1) is 0 Å². The highest BCUT2D eigenvalue weighted by atomic mass is 32.2. The number of amides is 1. The lowest BCUT2D eigenvalue weighted by atomic mass is 9.99. The Kier molecular flexibility index (Phi) is 6.07. The Morgan fingerprint density at radius 1 is 1.04 bits per heavy atom. The van der Waals surface area contributed by atoms with Crippen LogP contribution in [0.5, 0.6) is 0 Å². The van der Waals surface area contributed by atoms with Gasteiger partial charge in [0.05, 0.1) is 11.8 Å². The quantitative estimate of drug-likeness (QED) is 0.622. The van der Waals surface area contributed by atoms with Gasteiger partial charge in [0.2, 0.25) is 11.1 Å². The van der Waals surface area contributed by atoms with E-state index in [4.69, 9.17) is 0 Å². The molecule has 0 atom stereocenters. The van der Waals surface area contributed by atoms with Gasteiger partial charge >= 0.3 is 0 Å². The maximum Gasteiger partial charge on any atom is 0.231 e. The van der Waals surface area contributed by atoms with Crippen molar-refractivity contribution in [1.29, 1.82) is 0 Å². The highest BCUT2D eigenvalue weighted by Gasteiger charge is 2.17. The van der Waals surface area contributed by atoms with Crippen LogP contribution in [-0.4, -0.2) is 26.8 Å². The number of benzene rings is 2. The van der Waals surface area contributed by atoms with Gasteiger partial charge in [0.1, 0.15) is 5.82 Å². The summed E-state index contributed by atoms with van der Waals surface area (Å²) in [5, 5.41) is 10.8. The van der Waals surface area contributed by atoms with E-state index in [0.717, 1.165) is 17.0 Å². The van der Waals surface area contributed by atoms with E-state index >= 15 is 0 Å². The van der Waals surface area contributed by atoms with Crippen molar-refractivity contribution < 1.29 is 4.79 Å². The zero-order valence-electron chi connectivity index (χ0n) is 14.8. The molecule has 1 amide bonds. The Morgan fingerprint density at radius 2 is 1.62 bits per heavy atom. The molecule has 1 heterocycles. The number of hydrogen-bond acceptors (Lipinski definition) is 4. The third-order valence-corrected chi connectivity index (χ3v) is 4.78. The molecule has 0 unspecified atom stereocenters. The molecule has 6 heteroatoms. The highest BCUT2D eigenvalue weighted by Crippen LogP contribution is 2.22. The fourth-order valence-corrected chi connectivity index (χ4v) is 3.18. The molecule has 2 N–H and O–H groups in total. The minimum absolute atomic E-state index is 0.0522. The van der Waals surface area contributed by atoms with Crippen molar-refractivity contribution in [3.05, 3.63) is 77.6 Å². The largest absolute Gasteiger partial charge is 0.344 e. The van der Waals surface area contributed by atoms with Crippen LogP contribution >= 0.6 is 11.8 Å². The number of rotatable bonds is 7. The number of aromatic nitrogens is 3. The van der Waals surface area contributed by atoms with Gasteiger partial charge in [-0.05, 0) is 11.1 Å². The third-order valence-electron chi connectivity index (χ3n) is 3.93. The number of H-pyrrole nitrogens is 1. The predicted octanol–water partition coefficient (Wildman–Crippen LogP) is 3.93. The first kappa shape index (κ1) is 18.2. The Balaban J connectivity index is 1.67. The Hall–Kier alpha value is -2.60. The Labute approximate surface area is 157 Å². The summed E-state index contributed by atoms with van der Waals surface area (Å²) in [6.45, 7) is 4.10. The van der Waals surface area contributed by atoms with Gasteiger partial charge in [-0.1, -0.05) is 86.3 Å². The second-order valence-electron chi connectivity index (χ2n) is 6.27. The van der Waals surface area contributed by atoms with Gasteiger partial charge in [-0.3, -0.25) is 9.89 Å². The zero-order valence-corrected chi connectivity index (χ0v) is 15.7. The van der Waals surface area contributed by atoms with Crippen LogP contribution in [0.2, 0.25) is 0 Å². The second kappa shape index (κ2) is 8.67. The average Bonchev–Trinajstić information content (AvgIpc) is 3.15. The molecule has 0 aliphatic rings. The summed E-state index contributed by atoms with van der Waals surface area (Å²) in [4.78, 5) is 16.9. The van der Waals surface area contributed by atoms with Gasteiger partial charge in [-0.15, -0.1) is 5.10 Å². The Morgan fingerprint density at radius 3 is 2.12 bits per heavy atom. The molecule has 0 radical (unpaired) electrons. The molecule has 0 aliphatic carbocycles. The number of nitrogens with zero attached hydrogens (tertiary/aromatic N) is 2. The first-order chi connectivity index (χ1) is 12.6. The standard InChI is InChI=1S/C20H22N4OS/c1-14(2)19-22-20(24-23-19)26-13-17(25)21-18(15-9-5-3-6-10-15)16-11-7-4-8-12-16/h3-12,14,18H,13H2,1-2H3,(H,21,25)(H,22,23,24). The molecule has 0 aliphatic heterocycles. The molecule has 1 aromatic heterocycles. The number of aromatic amines is 1. The van der Waals surface area contributed by atoms with Crippen molar-refractivity contribution in [3.8, 4) is 0 Å². The molecule has 0 saturated heterocycles. The summed E-state index contributed by atoms with van der Waals surface area (Å²) in [7, 11) is 0. The maximum atomic E-state index is 12.5. The number of hydrogen-bond donors (Lipinski definition) is 2. The molecular weight excluding hydrogens is 344 g/mol. The molecule has 3 aromatic rings. The van der Waals surface area contributed by atoms with Crippen molar-refractivity contribution >= 4 is 17.7 Å². The second-order valence-corrected chi connectivity index (χ2v) is 7.21. The lowest BCUT2D eigenvalue weighted by Gasteiger charge is -2.19. The van der Waals surface area contributed by atoms with E-state index in [1.165, 1.54) is 11.8 Å². The van der Waals surface area contributed by atoms with Gasteiger partial charge in [0, 0.05) is 5.92 Å². The van der Waals surface area contributed by atoms with Crippen molar-refractivity contribution in [2.75, 3.05) is 5.75 Å². The first-order valence-electron chi connectivity index (χ1n) is 8.58. The maximum absolute atomic E-state index is 12.5. The van der Waals surface area contributed by atoms with Crippen LogP contribution in [0.3, 0.4) is 0 Å². The van der Waals surface area contributed by atoms with E-state index in [9.17, 15) is 4.79 Å². The van der Waals surface area contributed by atoms with Gasteiger partial charge in [-0.2, -0.15) is 0 Å². The number of carbonyl (C=O) groups excluding carboxylic acids is 1. The van der Waals surface area contributed by atoms with E-state index in [1.54, 1.807) is 0 Å². The van der Waals surface area contributed by atoms with Crippen molar-refractivity contribution in [2.45, 2.75) is 31.0 Å². The minimum atomic E-state index is -0.177. The normalized spacial score (nSPS) is 11.1. The molecule has 5 nitrogen and oxygen atoms in total. The van der Waals surface area contributed by atoms with E-state index < -0.39 is 0 Å². The molecule has 0 fully saturated rings. The van der Waals surface area contributed by atoms with E-state index in [2.05, 4.69) is 20.5 Å². The molecule has 0 bridgehead atoms. The lowest BCUT2D eigenvalue weighted by molar-refractivity contribution is -0.119. The summed E-state index contributed by atoms with van der Waals surface area (Å²) in [6.07, 6.45) is 0. The van der Waals surface area contributed by atoms with Crippen LogP contribution in [0.1, 0.15) is 42.8 Å². The number of nitrogens with one attached hydrogen (secondary N) is 2. The Bertz CT molecular complexity index is 794. The summed E-state index contributed by atoms with van der Waals surface area (Å²) in [6, 6.07) is 19.8. The van der Waals surface area contributed by atoms with Crippen LogP contribution in [0.4, 0.5) is 0 Å². The SMILES string of the molecule is CC(C)c1nc(SCC(=O)NC(c2ccccc2)c2ccccc2)n[nH]1. The van der Waals surface area contributed by atoms with E-state index in [0.29, 0.717) is 5.16 Å². The van der Waals surface area contributed by atoms with Gasteiger partial charge in [-0.25, -0.2) is 4.98 Å². The van der Waals surface area contributed by atoms with Crippen LogP contribution in [0.25, 0.3) is 0 Å². The highest BCUT2D eigenvalue weighted by molar-refractivity contribution is 7.99. The summed E-state index contributed by atoms with van der Waals surface area (Å²) in [5.41, 5.74) is 2.11. The summed E-state index contributed by atoms with van der Waals surface area (Å²) < 4.78 is 0. The van der Waals surface area contributed by atoms with Crippen LogP contribution in [-0.2, 0) is 4.79 Å². The average molecular weight is 366 g/mol. The third kappa shape index (κ3) is 4.73. The monoisotopic (exact) mass is 366 g/mol. The van der Waals surface area contributed by atoms with Gasteiger partial charge in [0.25, 0.3) is 0 Å².